The van der Waals surface area contributed by atoms with E-state index in [2.05, 4.69) is 164 Å². The van der Waals surface area contributed by atoms with Gasteiger partial charge in [0.05, 0.1) is 5.70 Å². The van der Waals surface area contributed by atoms with Gasteiger partial charge in [-0.05, 0) is 127 Å². The monoisotopic (exact) mass is 798 g/mol. The zero-order valence-corrected chi connectivity index (χ0v) is 40.8. The van der Waals surface area contributed by atoms with Crippen LogP contribution >= 0.6 is 0 Å². The molecule has 0 spiro atoms. The number of nitrogens with zero attached hydrogens (tertiary/aromatic N) is 2. The van der Waals surface area contributed by atoms with Gasteiger partial charge in [-0.3, -0.25) is 4.79 Å². The van der Waals surface area contributed by atoms with E-state index in [1.807, 2.05) is 27.7 Å². The Hall–Kier alpha value is -2.43. The van der Waals surface area contributed by atoms with Crippen LogP contribution in [0.5, 0.6) is 0 Å². The number of nitrogens with two attached hydrogens (primary N) is 1. The number of aryl methyl sites for hydroxylation is 1. The van der Waals surface area contributed by atoms with Gasteiger partial charge in [-0.1, -0.05) is 177 Å². The first-order valence-corrected chi connectivity index (χ1v) is 22.3. The number of allylic oxidation sites excluding steroid dienone is 2. The van der Waals surface area contributed by atoms with Crippen LogP contribution in [0, 0.1) is 34.5 Å². The fourth-order valence-corrected chi connectivity index (χ4v) is 8.24. The third-order valence-corrected chi connectivity index (χ3v) is 10.9. The van der Waals surface area contributed by atoms with E-state index in [0.717, 1.165) is 11.8 Å². The second kappa shape index (κ2) is 36.6. The van der Waals surface area contributed by atoms with Crippen molar-refractivity contribution in [2.24, 2.45) is 40.2 Å². The molecule has 4 unspecified atom stereocenters. The standard InChI is InChI=1S/C19H36N2.C16H24.C8H18.C3H5NO.2C2H6.C2H4.CH4/c1-13(2)16-11-15(20(7)8)12-17(16)14(3)18(21(9)10)19(4,5)6;1-16(12-6-3-7-13-16)14-8-11-15-9-4-2-5-10-15;1-5-8(4)6-7(2)3;1-3(4)2-5;3*1-2;/h15-18H,1,3,11-12H2,2,4-10H3;2,4-5,9-10H,3,6-8,11-14H2,1H3;7-8H,5-6H2,1-4H3;2H,1,4H2;2*1-2H3;1-2H2;1H4/t15-,16?,17?,18?;;;;;;;/m1......./s1. The van der Waals surface area contributed by atoms with Crippen molar-refractivity contribution in [3.05, 3.63) is 85.6 Å². The summed E-state index contributed by atoms with van der Waals surface area (Å²) in [5.41, 5.74) is 9.88. The van der Waals surface area contributed by atoms with E-state index in [9.17, 15) is 4.79 Å². The van der Waals surface area contributed by atoms with Crippen LogP contribution in [0.25, 0.3) is 0 Å². The van der Waals surface area contributed by atoms with Crippen LogP contribution in [-0.4, -0.2) is 56.4 Å². The lowest BCUT2D eigenvalue weighted by atomic mass is 9.72. The SMILES string of the molecule is C.C=C.C=C(C)C1C[C@@H](N(C)C)CC1C(=C)C(N(C)C)C(C)(C)C.C=C(N)C=O.CC.CC.CC1(CCCc2ccccc2)CCCCC1.CCC(C)CC(C)C. The molecule has 0 saturated heterocycles. The maximum absolute atomic E-state index is 9.28. The first-order chi connectivity index (χ1) is 26.2. The lowest BCUT2D eigenvalue weighted by molar-refractivity contribution is -0.104. The van der Waals surface area contributed by atoms with Gasteiger partial charge in [0.15, 0.2) is 6.29 Å². The quantitative estimate of drug-likeness (QED) is 0.123. The van der Waals surface area contributed by atoms with E-state index >= 15 is 0 Å². The Kier molecular flexibility index (Phi) is 41.0. The van der Waals surface area contributed by atoms with Crippen molar-refractivity contribution in [2.45, 2.75) is 187 Å². The van der Waals surface area contributed by atoms with Gasteiger partial charge in [0.1, 0.15) is 0 Å². The van der Waals surface area contributed by atoms with Crippen LogP contribution in [0.1, 0.15) is 174 Å². The summed E-state index contributed by atoms with van der Waals surface area (Å²) in [4.78, 5) is 14.0. The topological polar surface area (TPSA) is 49.6 Å². The van der Waals surface area contributed by atoms with Gasteiger partial charge in [-0.25, -0.2) is 0 Å². The van der Waals surface area contributed by atoms with E-state index in [-0.39, 0.29) is 18.5 Å². The van der Waals surface area contributed by atoms with Crippen molar-refractivity contribution in [3.63, 3.8) is 0 Å². The van der Waals surface area contributed by atoms with Crippen molar-refractivity contribution in [1.29, 1.82) is 0 Å². The van der Waals surface area contributed by atoms with E-state index < -0.39 is 0 Å². The minimum absolute atomic E-state index is 0. The van der Waals surface area contributed by atoms with Crippen molar-refractivity contribution < 1.29 is 4.79 Å². The number of carbonyl (C=O) groups is 1. The lowest BCUT2D eigenvalue weighted by Crippen LogP contribution is -2.43. The summed E-state index contributed by atoms with van der Waals surface area (Å²) >= 11 is 0. The van der Waals surface area contributed by atoms with Crippen LogP contribution in [0.2, 0.25) is 0 Å². The molecule has 0 aromatic heterocycles. The number of aldehydes is 1. The van der Waals surface area contributed by atoms with Crippen LogP contribution in [0.15, 0.2) is 80.1 Å². The van der Waals surface area contributed by atoms with Gasteiger partial charge in [0, 0.05) is 12.1 Å². The molecule has 0 amide bonds. The molecular formula is C53H103N3O. The van der Waals surface area contributed by atoms with Crippen molar-refractivity contribution in [1.82, 2.24) is 9.80 Å². The molecular weight excluding hydrogens is 695 g/mol. The Balaban J connectivity index is -0.000000221. The number of likely N-dealkylation sites (N-methyl/N-ethyl adjacent to an activating group) is 1. The van der Waals surface area contributed by atoms with Crippen molar-refractivity contribution in [2.75, 3.05) is 28.2 Å². The Morgan fingerprint density at radius 2 is 1.35 bits per heavy atom. The van der Waals surface area contributed by atoms with Crippen molar-refractivity contribution >= 4 is 6.29 Å². The first kappa shape index (κ1) is 63.7. The zero-order chi connectivity index (χ0) is 44.7. The van der Waals surface area contributed by atoms with Gasteiger partial charge >= 0.3 is 0 Å². The second-order valence-electron chi connectivity index (χ2n) is 18.0. The molecule has 5 atom stereocenters. The predicted octanol–water partition coefficient (Wildman–Crippen LogP) is 15.3. The molecule has 57 heavy (non-hydrogen) atoms. The fourth-order valence-electron chi connectivity index (χ4n) is 8.24. The van der Waals surface area contributed by atoms with Crippen LogP contribution < -0.4 is 5.73 Å². The zero-order valence-electron chi connectivity index (χ0n) is 40.8. The molecule has 3 rings (SSSR count). The molecule has 0 radical (unpaired) electrons. The molecule has 1 aromatic carbocycles. The predicted molar refractivity (Wildman–Crippen MR) is 264 cm³/mol. The summed E-state index contributed by atoms with van der Waals surface area (Å²) in [6.45, 7) is 46.7. The summed E-state index contributed by atoms with van der Waals surface area (Å²) in [5, 5.41) is 0. The summed E-state index contributed by atoms with van der Waals surface area (Å²) in [5.74, 6) is 2.94. The number of hydrogen-bond donors (Lipinski definition) is 1. The fraction of sp³-hybridized carbons (Fsp3) is 0.717. The summed E-state index contributed by atoms with van der Waals surface area (Å²) < 4.78 is 0. The van der Waals surface area contributed by atoms with Gasteiger partial charge in [0.25, 0.3) is 0 Å². The average Bonchev–Trinajstić information content (AvgIpc) is 3.62. The number of carbonyl (C=O) groups excluding carboxylic acids is 1. The minimum atomic E-state index is 0. The van der Waals surface area contributed by atoms with Crippen molar-refractivity contribution in [3.8, 4) is 0 Å². The Bertz CT molecular complexity index is 1110. The molecule has 336 valence electrons. The van der Waals surface area contributed by atoms with Gasteiger partial charge in [0.2, 0.25) is 0 Å². The summed E-state index contributed by atoms with van der Waals surface area (Å²) in [6.07, 6.45) is 17.0. The second-order valence-corrected chi connectivity index (χ2v) is 18.0. The van der Waals surface area contributed by atoms with E-state index in [1.165, 1.54) is 93.8 Å². The number of hydrogen-bond acceptors (Lipinski definition) is 4. The summed E-state index contributed by atoms with van der Waals surface area (Å²) in [6, 6.07) is 12.0. The highest BCUT2D eigenvalue weighted by molar-refractivity contribution is 5.70. The molecule has 2 N–H and O–H groups in total. The normalized spacial score (nSPS) is 18.8. The van der Waals surface area contributed by atoms with Gasteiger partial charge < -0.3 is 15.5 Å². The van der Waals surface area contributed by atoms with Crippen LogP contribution in [-0.2, 0) is 11.2 Å². The minimum Gasteiger partial charge on any atom is -0.397 e. The summed E-state index contributed by atoms with van der Waals surface area (Å²) in [7, 11) is 8.74. The highest BCUT2D eigenvalue weighted by Gasteiger charge is 2.41. The molecule has 0 aliphatic heterocycles. The van der Waals surface area contributed by atoms with E-state index in [4.69, 9.17) is 5.73 Å². The molecule has 2 saturated carbocycles. The Labute approximate surface area is 360 Å². The molecule has 0 bridgehead atoms. The van der Waals surface area contributed by atoms with Crippen LogP contribution in [0.3, 0.4) is 0 Å². The first-order valence-electron chi connectivity index (χ1n) is 22.3. The lowest BCUT2D eigenvalue weighted by Gasteiger charge is -2.41. The van der Waals surface area contributed by atoms with Crippen LogP contribution in [0.4, 0.5) is 0 Å². The Morgan fingerprint density at radius 3 is 1.68 bits per heavy atom. The highest BCUT2D eigenvalue weighted by Crippen LogP contribution is 2.45. The molecule has 4 nitrogen and oxygen atoms in total. The van der Waals surface area contributed by atoms with E-state index in [1.54, 1.807) is 0 Å². The highest BCUT2D eigenvalue weighted by atomic mass is 16.1. The third-order valence-electron chi connectivity index (χ3n) is 10.9. The molecule has 2 fully saturated rings. The largest absolute Gasteiger partial charge is 0.397 e. The number of rotatable bonds is 13. The van der Waals surface area contributed by atoms with Gasteiger partial charge in [-0.15, -0.1) is 13.2 Å². The molecule has 2 aliphatic carbocycles. The smallest absolute Gasteiger partial charge is 0.165 e. The maximum Gasteiger partial charge on any atom is 0.165 e. The maximum atomic E-state index is 9.28. The van der Waals surface area contributed by atoms with E-state index in [0.29, 0.717) is 35.6 Å². The molecule has 2 aliphatic rings. The number of benzene rings is 1. The van der Waals surface area contributed by atoms with Gasteiger partial charge in [-0.2, -0.15) is 0 Å². The average molecular weight is 798 g/mol. The molecule has 0 heterocycles. The third kappa shape index (κ3) is 30.3. The Morgan fingerprint density at radius 1 is 0.895 bits per heavy atom. The molecule has 4 heteroatoms. The molecule has 1 aromatic rings.